The van der Waals surface area contributed by atoms with Gasteiger partial charge in [0.05, 0.1) is 16.6 Å². The van der Waals surface area contributed by atoms with Crippen LogP contribution in [0.5, 0.6) is 0 Å². The molecule has 3 rings (SSSR count). The molecule has 2 amide bonds. The quantitative estimate of drug-likeness (QED) is 0.430. The SMILES string of the molecule is O=C(Nc1cccc(C(F)(F)F)c1)Nc1nn(Cc2c(F)cccc2Cl)cc1Br. The van der Waals surface area contributed by atoms with Gasteiger partial charge in [-0.15, -0.1) is 0 Å². The number of alkyl halides is 3. The standard InChI is InChI=1S/C18H12BrClF4N4O/c19-13-9-28(8-12-14(20)5-2-6-15(12)21)27-16(13)26-17(29)25-11-4-1-3-10(7-11)18(22,23)24/h1-7,9H,8H2,(H2,25,26,27,29). The predicted octanol–water partition coefficient (Wildman–Crippen LogP) is 6.15. The second kappa shape index (κ2) is 8.42. The van der Waals surface area contributed by atoms with Crippen molar-refractivity contribution in [3.05, 3.63) is 75.1 Å². The first-order chi connectivity index (χ1) is 13.6. The van der Waals surface area contributed by atoms with E-state index >= 15 is 0 Å². The summed E-state index contributed by atoms with van der Waals surface area (Å²) in [5, 5.41) is 9.07. The van der Waals surface area contributed by atoms with Crippen molar-refractivity contribution in [3.8, 4) is 0 Å². The summed E-state index contributed by atoms with van der Waals surface area (Å²) in [6.45, 7) is 0.0149. The van der Waals surface area contributed by atoms with Gasteiger partial charge in [0.25, 0.3) is 0 Å². The van der Waals surface area contributed by atoms with Crippen LogP contribution < -0.4 is 10.6 Å². The van der Waals surface area contributed by atoms with Gasteiger partial charge in [-0.1, -0.05) is 23.7 Å². The molecule has 0 spiro atoms. The summed E-state index contributed by atoms with van der Waals surface area (Å²) in [6.07, 6.45) is -3.02. The van der Waals surface area contributed by atoms with Crippen LogP contribution in [0.1, 0.15) is 11.1 Å². The van der Waals surface area contributed by atoms with E-state index in [0.717, 1.165) is 12.1 Å². The predicted molar refractivity (Wildman–Crippen MR) is 105 cm³/mol. The van der Waals surface area contributed by atoms with Gasteiger partial charge in [0.1, 0.15) is 5.82 Å². The lowest BCUT2D eigenvalue weighted by molar-refractivity contribution is -0.137. The number of carbonyl (C=O) groups is 1. The lowest BCUT2D eigenvalue weighted by Crippen LogP contribution is -2.20. The highest BCUT2D eigenvalue weighted by molar-refractivity contribution is 9.10. The molecule has 0 bridgehead atoms. The van der Waals surface area contributed by atoms with E-state index < -0.39 is 23.6 Å². The first kappa shape index (κ1) is 21.1. The van der Waals surface area contributed by atoms with Crippen molar-refractivity contribution in [2.75, 3.05) is 10.6 Å². The summed E-state index contributed by atoms with van der Waals surface area (Å²) in [5.41, 5.74) is -0.697. The van der Waals surface area contributed by atoms with Crippen molar-refractivity contribution in [2.24, 2.45) is 0 Å². The van der Waals surface area contributed by atoms with Crippen LogP contribution in [0.15, 0.2) is 53.1 Å². The molecular weight excluding hydrogens is 480 g/mol. The molecule has 1 heterocycles. The number of rotatable bonds is 4. The van der Waals surface area contributed by atoms with Gasteiger partial charge in [-0.2, -0.15) is 18.3 Å². The Morgan fingerprint density at radius 1 is 1.17 bits per heavy atom. The highest BCUT2D eigenvalue weighted by Crippen LogP contribution is 2.31. The van der Waals surface area contributed by atoms with Crippen LogP contribution in [0.4, 0.5) is 33.9 Å². The first-order valence-electron chi connectivity index (χ1n) is 8.04. The fourth-order valence-electron chi connectivity index (χ4n) is 2.45. The molecule has 0 aliphatic carbocycles. The third-order valence-corrected chi connectivity index (χ3v) is 4.71. The Labute approximate surface area is 175 Å². The summed E-state index contributed by atoms with van der Waals surface area (Å²) in [4.78, 5) is 12.1. The molecule has 0 atom stereocenters. The molecule has 29 heavy (non-hydrogen) atoms. The van der Waals surface area contributed by atoms with E-state index in [9.17, 15) is 22.4 Å². The summed E-state index contributed by atoms with van der Waals surface area (Å²) in [5.74, 6) is -0.400. The second-order valence-corrected chi connectivity index (χ2v) is 7.14. The van der Waals surface area contributed by atoms with Crippen LogP contribution in [-0.4, -0.2) is 15.8 Å². The first-order valence-corrected chi connectivity index (χ1v) is 9.21. The third kappa shape index (κ3) is 5.27. The van der Waals surface area contributed by atoms with Crippen LogP contribution in [-0.2, 0) is 12.7 Å². The number of carbonyl (C=O) groups excluding carboxylic acids is 1. The number of nitrogens with one attached hydrogen (secondary N) is 2. The molecule has 0 saturated carbocycles. The van der Waals surface area contributed by atoms with Crippen molar-refractivity contribution in [1.29, 1.82) is 0 Å². The van der Waals surface area contributed by atoms with E-state index in [1.807, 2.05) is 0 Å². The zero-order valence-electron chi connectivity index (χ0n) is 14.4. The van der Waals surface area contributed by atoms with Gasteiger partial charge in [0.15, 0.2) is 5.82 Å². The molecule has 152 valence electrons. The molecule has 0 fully saturated rings. The Balaban J connectivity index is 1.70. The van der Waals surface area contributed by atoms with Crippen molar-refractivity contribution >= 4 is 45.1 Å². The molecule has 0 aliphatic rings. The van der Waals surface area contributed by atoms with E-state index in [-0.39, 0.29) is 28.6 Å². The number of hydrogen-bond acceptors (Lipinski definition) is 2. The Morgan fingerprint density at radius 3 is 2.59 bits per heavy atom. The van der Waals surface area contributed by atoms with E-state index in [0.29, 0.717) is 4.47 Å². The monoisotopic (exact) mass is 490 g/mol. The van der Waals surface area contributed by atoms with Crippen molar-refractivity contribution in [2.45, 2.75) is 12.7 Å². The van der Waals surface area contributed by atoms with Gasteiger partial charge in [0.2, 0.25) is 0 Å². The molecule has 0 radical (unpaired) electrons. The summed E-state index contributed by atoms with van der Waals surface area (Å²) in [6, 6.07) is 7.71. The number of halogens is 6. The fraction of sp³-hybridized carbons (Fsp3) is 0.111. The number of amides is 2. The highest BCUT2D eigenvalue weighted by atomic mass is 79.9. The van der Waals surface area contributed by atoms with Crippen LogP contribution in [0.3, 0.4) is 0 Å². The van der Waals surface area contributed by atoms with Gasteiger partial charge in [-0.05, 0) is 46.3 Å². The maximum atomic E-state index is 13.9. The number of urea groups is 1. The molecule has 0 aliphatic heterocycles. The van der Waals surface area contributed by atoms with Gasteiger partial charge in [0, 0.05) is 22.5 Å². The minimum atomic E-state index is -4.52. The lowest BCUT2D eigenvalue weighted by Gasteiger charge is -2.10. The molecule has 2 aromatic carbocycles. The number of aromatic nitrogens is 2. The van der Waals surface area contributed by atoms with Crippen LogP contribution >= 0.6 is 27.5 Å². The molecular formula is C18H12BrClF4N4O. The highest BCUT2D eigenvalue weighted by Gasteiger charge is 2.30. The lowest BCUT2D eigenvalue weighted by atomic mass is 10.2. The summed E-state index contributed by atoms with van der Waals surface area (Å²) >= 11 is 9.21. The zero-order chi connectivity index (χ0) is 21.2. The number of benzene rings is 2. The fourth-order valence-corrected chi connectivity index (χ4v) is 3.09. The molecule has 0 saturated heterocycles. The Hall–Kier alpha value is -2.59. The van der Waals surface area contributed by atoms with E-state index in [1.54, 1.807) is 6.07 Å². The average molecular weight is 492 g/mol. The summed E-state index contributed by atoms with van der Waals surface area (Å²) < 4.78 is 53.9. The van der Waals surface area contributed by atoms with Crippen molar-refractivity contribution < 1.29 is 22.4 Å². The number of anilines is 2. The van der Waals surface area contributed by atoms with Gasteiger partial charge in [-0.25, -0.2) is 9.18 Å². The Bertz CT molecular complexity index is 1030. The number of hydrogen-bond donors (Lipinski definition) is 2. The average Bonchev–Trinajstić information content (AvgIpc) is 2.97. The molecule has 0 unspecified atom stereocenters. The van der Waals surface area contributed by atoms with Crippen molar-refractivity contribution in [1.82, 2.24) is 9.78 Å². The second-order valence-electron chi connectivity index (χ2n) is 5.88. The van der Waals surface area contributed by atoms with Gasteiger partial charge >= 0.3 is 12.2 Å². The molecule has 11 heteroatoms. The van der Waals surface area contributed by atoms with E-state index in [4.69, 9.17) is 11.6 Å². The minimum absolute atomic E-state index is 0.0149. The Morgan fingerprint density at radius 2 is 1.90 bits per heavy atom. The van der Waals surface area contributed by atoms with E-state index in [1.165, 1.54) is 35.1 Å². The maximum Gasteiger partial charge on any atom is 0.416 e. The van der Waals surface area contributed by atoms with Gasteiger partial charge < -0.3 is 5.32 Å². The normalized spacial score (nSPS) is 11.4. The third-order valence-electron chi connectivity index (χ3n) is 3.78. The largest absolute Gasteiger partial charge is 0.416 e. The zero-order valence-corrected chi connectivity index (χ0v) is 16.7. The minimum Gasteiger partial charge on any atom is -0.308 e. The molecule has 3 aromatic rings. The van der Waals surface area contributed by atoms with E-state index in [2.05, 4.69) is 31.7 Å². The van der Waals surface area contributed by atoms with Crippen LogP contribution in [0.2, 0.25) is 5.02 Å². The van der Waals surface area contributed by atoms with Crippen LogP contribution in [0.25, 0.3) is 0 Å². The topological polar surface area (TPSA) is 59.0 Å². The smallest absolute Gasteiger partial charge is 0.308 e. The number of nitrogens with zero attached hydrogens (tertiary/aromatic N) is 2. The van der Waals surface area contributed by atoms with Gasteiger partial charge in [-0.3, -0.25) is 10.00 Å². The molecule has 5 nitrogen and oxygen atoms in total. The molecule has 1 aromatic heterocycles. The van der Waals surface area contributed by atoms with Crippen LogP contribution in [0, 0.1) is 5.82 Å². The van der Waals surface area contributed by atoms with Crippen molar-refractivity contribution in [3.63, 3.8) is 0 Å². The summed E-state index contributed by atoms with van der Waals surface area (Å²) in [7, 11) is 0. The Kier molecular flexibility index (Phi) is 6.13. The maximum absolute atomic E-state index is 13.9. The molecule has 2 N–H and O–H groups in total.